The van der Waals surface area contributed by atoms with Crippen molar-refractivity contribution in [2.45, 2.75) is 52.7 Å². The van der Waals surface area contributed by atoms with E-state index in [4.69, 9.17) is 20.4 Å². The lowest BCUT2D eigenvalue weighted by Crippen LogP contribution is -2.09. The summed E-state index contributed by atoms with van der Waals surface area (Å²) in [6, 6.07) is 0. The normalized spacial score (nSPS) is 14.2. The first-order valence-electron chi connectivity index (χ1n) is 6.05. The quantitative estimate of drug-likeness (QED) is 0.499. The van der Waals surface area contributed by atoms with Gasteiger partial charge < -0.3 is 20.4 Å². The van der Waals surface area contributed by atoms with Gasteiger partial charge >= 0.3 is 0 Å². The molecule has 2 unspecified atom stereocenters. The second-order valence-corrected chi connectivity index (χ2v) is 4.38. The van der Waals surface area contributed by atoms with E-state index in [0.29, 0.717) is 18.3 Å². The van der Waals surface area contributed by atoms with Crippen molar-refractivity contribution in [1.29, 1.82) is 0 Å². The lowest BCUT2D eigenvalue weighted by molar-refractivity contribution is -0.0547. The van der Waals surface area contributed by atoms with Gasteiger partial charge in [-0.05, 0) is 24.7 Å². The zero-order valence-electron chi connectivity index (χ0n) is 10.8. The Morgan fingerprint density at radius 3 is 1.81 bits per heavy atom. The Hall–Kier alpha value is -0.160. The lowest BCUT2D eigenvalue weighted by Gasteiger charge is -2.08. The molecule has 0 heterocycles. The van der Waals surface area contributed by atoms with Crippen LogP contribution in [0.25, 0.3) is 0 Å². The molecule has 0 saturated heterocycles. The van der Waals surface area contributed by atoms with Gasteiger partial charge in [-0.3, -0.25) is 0 Å². The van der Waals surface area contributed by atoms with Crippen LogP contribution in [0.5, 0.6) is 0 Å². The van der Waals surface area contributed by atoms with Gasteiger partial charge in [0.05, 0.1) is 0 Å². The van der Waals surface area contributed by atoms with Crippen molar-refractivity contribution in [2.24, 2.45) is 11.8 Å². The molecular weight excluding hydrogens is 208 g/mol. The molecule has 0 rings (SSSR count). The smallest absolute Gasteiger partial charge is 0.151 e. The maximum atomic E-state index is 8.48. The molecule has 0 aromatic heterocycles. The van der Waals surface area contributed by atoms with Crippen LogP contribution in [-0.2, 0) is 0 Å². The highest BCUT2D eigenvalue weighted by molar-refractivity contribution is 4.49. The van der Waals surface area contributed by atoms with E-state index < -0.39 is 6.29 Å². The van der Waals surface area contributed by atoms with E-state index in [1.54, 1.807) is 0 Å². The van der Waals surface area contributed by atoms with Crippen LogP contribution >= 0.6 is 0 Å². The average Bonchev–Trinajstić information content (AvgIpc) is 2.25. The topological polar surface area (TPSA) is 80.9 Å². The third kappa shape index (κ3) is 16.3. The molecule has 0 spiro atoms. The van der Waals surface area contributed by atoms with Gasteiger partial charge in [-0.2, -0.15) is 0 Å². The number of aliphatic hydroxyl groups is 4. The van der Waals surface area contributed by atoms with Crippen molar-refractivity contribution in [1.82, 2.24) is 0 Å². The molecule has 2 atom stereocenters. The van der Waals surface area contributed by atoms with Crippen LogP contribution in [0, 0.1) is 11.8 Å². The van der Waals surface area contributed by atoms with Crippen LogP contribution in [0.1, 0.15) is 46.5 Å². The maximum Gasteiger partial charge on any atom is 0.151 e. The summed E-state index contributed by atoms with van der Waals surface area (Å²) >= 11 is 0. The van der Waals surface area contributed by atoms with Crippen molar-refractivity contribution in [3.8, 4) is 0 Å². The fourth-order valence-electron chi connectivity index (χ4n) is 1.06. The van der Waals surface area contributed by atoms with Gasteiger partial charge in [0.25, 0.3) is 0 Å². The van der Waals surface area contributed by atoms with Gasteiger partial charge in [-0.15, -0.1) is 0 Å². The summed E-state index contributed by atoms with van der Waals surface area (Å²) in [5.74, 6) is 0.775. The Morgan fingerprint density at radius 1 is 1.00 bits per heavy atom. The predicted octanol–water partition coefficient (Wildman–Crippen LogP) is 1.12. The van der Waals surface area contributed by atoms with Gasteiger partial charge in [0.15, 0.2) is 6.29 Å². The Bertz CT molecular complexity index is 128. The minimum absolute atomic E-state index is 0.236. The third-order valence-electron chi connectivity index (χ3n) is 2.48. The van der Waals surface area contributed by atoms with E-state index in [9.17, 15) is 0 Å². The fourth-order valence-corrected chi connectivity index (χ4v) is 1.06. The van der Waals surface area contributed by atoms with Crippen LogP contribution < -0.4 is 0 Å². The average molecular weight is 236 g/mol. The van der Waals surface area contributed by atoms with Crippen LogP contribution in [0.4, 0.5) is 0 Å². The molecule has 0 aliphatic heterocycles. The van der Waals surface area contributed by atoms with E-state index in [-0.39, 0.29) is 13.2 Å². The summed E-state index contributed by atoms with van der Waals surface area (Å²) in [7, 11) is 0. The molecule has 4 N–H and O–H groups in total. The summed E-state index contributed by atoms with van der Waals surface area (Å²) in [5.41, 5.74) is 0. The molecule has 4 nitrogen and oxygen atoms in total. The van der Waals surface area contributed by atoms with Crippen LogP contribution in [0.2, 0.25) is 0 Å². The Labute approximate surface area is 98.9 Å². The molecule has 0 bridgehead atoms. The maximum absolute atomic E-state index is 8.48. The SMILES string of the molecule is CC(CO)CCCO.CCC(C)CC(O)O. The molecule has 0 amide bonds. The van der Waals surface area contributed by atoms with Crippen LogP contribution in [0.15, 0.2) is 0 Å². The first-order valence-corrected chi connectivity index (χ1v) is 6.05. The second-order valence-electron chi connectivity index (χ2n) is 4.38. The molecule has 0 aliphatic carbocycles. The van der Waals surface area contributed by atoms with Crippen LogP contribution in [0.3, 0.4) is 0 Å². The van der Waals surface area contributed by atoms with Crippen molar-refractivity contribution >= 4 is 0 Å². The highest BCUT2D eigenvalue weighted by Crippen LogP contribution is 2.07. The molecule has 0 fully saturated rings. The summed E-state index contributed by atoms with van der Waals surface area (Å²) in [6.45, 7) is 6.48. The van der Waals surface area contributed by atoms with Crippen molar-refractivity contribution in [2.75, 3.05) is 13.2 Å². The largest absolute Gasteiger partial charge is 0.396 e. The Kier molecular flexibility index (Phi) is 14.7. The number of hydrogen-bond donors (Lipinski definition) is 4. The number of hydrogen-bond acceptors (Lipinski definition) is 4. The van der Waals surface area contributed by atoms with E-state index in [0.717, 1.165) is 19.3 Å². The summed E-state index contributed by atoms with van der Waals surface area (Å²) in [4.78, 5) is 0. The number of aliphatic hydroxyl groups excluding tert-OH is 3. The van der Waals surface area contributed by atoms with Crippen LogP contribution in [-0.4, -0.2) is 39.9 Å². The first-order chi connectivity index (χ1) is 7.47. The van der Waals surface area contributed by atoms with Gasteiger partial charge in [0.2, 0.25) is 0 Å². The Morgan fingerprint density at radius 2 is 1.56 bits per heavy atom. The monoisotopic (exact) mass is 236 g/mol. The highest BCUT2D eigenvalue weighted by Gasteiger charge is 2.02. The van der Waals surface area contributed by atoms with Gasteiger partial charge in [0, 0.05) is 19.6 Å². The molecule has 100 valence electrons. The predicted molar refractivity (Wildman–Crippen MR) is 64.9 cm³/mol. The number of rotatable bonds is 7. The third-order valence-corrected chi connectivity index (χ3v) is 2.48. The lowest BCUT2D eigenvalue weighted by atomic mass is 10.1. The van der Waals surface area contributed by atoms with Gasteiger partial charge in [0.1, 0.15) is 0 Å². The Balaban J connectivity index is 0. The summed E-state index contributed by atoms with van der Waals surface area (Å²) in [5, 5.41) is 33.6. The molecule has 4 heteroatoms. The standard InChI is InChI=1S/2C6H14O2/c1-6(5-8)3-2-4-7;1-3-5(2)4-6(7)8/h6-8H,2-5H2,1H3;5-8H,3-4H2,1-2H3. The molecule has 0 aliphatic rings. The fraction of sp³-hybridized carbons (Fsp3) is 1.00. The second kappa shape index (κ2) is 12.9. The molecule has 0 aromatic rings. The minimum atomic E-state index is -1.12. The molecule has 0 radical (unpaired) electrons. The van der Waals surface area contributed by atoms with Crippen molar-refractivity contribution in [3.05, 3.63) is 0 Å². The van der Waals surface area contributed by atoms with Gasteiger partial charge in [-0.1, -0.05) is 27.2 Å². The van der Waals surface area contributed by atoms with E-state index in [1.807, 2.05) is 20.8 Å². The molecular formula is C12H28O4. The van der Waals surface area contributed by atoms with Gasteiger partial charge in [-0.25, -0.2) is 0 Å². The molecule has 0 saturated carbocycles. The minimum Gasteiger partial charge on any atom is -0.396 e. The van der Waals surface area contributed by atoms with Crippen molar-refractivity contribution < 1.29 is 20.4 Å². The zero-order chi connectivity index (χ0) is 13.0. The van der Waals surface area contributed by atoms with Crippen molar-refractivity contribution in [3.63, 3.8) is 0 Å². The highest BCUT2D eigenvalue weighted by atomic mass is 16.5. The molecule has 0 aromatic carbocycles. The van der Waals surface area contributed by atoms with E-state index in [2.05, 4.69) is 0 Å². The van der Waals surface area contributed by atoms with E-state index in [1.165, 1.54) is 0 Å². The zero-order valence-corrected chi connectivity index (χ0v) is 10.8. The summed E-state index contributed by atoms with van der Waals surface area (Å²) in [6.07, 6.45) is 2.12. The van der Waals surface area contributed by atoms with E-state index >= 15 is 0 Å². The summed E-state index contributed by atoms with van der Waals surface area (Å²) < 4.78 is 0. The molecule has 16 heavy (non-hydrogen) atoms. The first kappa shape index (κ1) is 18.2.